The fraction of sp³-hybridized carbons (Fsp3) is 0.333. The average Bonchev–Trinajstić information content (AvgIpc) is 2.79. The first-order chi connectivity index (χ1) is 7.90. The molecule has 2 aromatic heterocycles. The van der Waals surface area contributed by atoms with Gasteiger partial charge >= 0.3 is 0 Å². The molecule has 4 heteroatoms. The molecule has 0 saturated carbocycles. The lowest BCUT2D eigenvalue weighted by Gasteiger charge is -1.96. The van der Waals surface area contributed by atoms with E-state index in [1.54, 1.807) is 12.4 Å². The summed E-state index contributed by atoms with van der Waals surface area (Å²) < 4.78 is 5.61. The Balaban J connectivity index is 2.02. The van der Waals surface area contributed by atoms with Crippen LogP contribution in [0.25, 0.3) is 11.6 Å². The molecular formula is C12H15N3O. The molecule has 0 aliphatic rings. The standard InChI is InChI=1S/C12H15N3O/c1-13-7-4-5-10-9-15-12(16-10)11-6-2-3-8-14-11/h2-3,6,8-9,13H,4-5,7H2,1H3. The summed E-state index contributed by atoms with van der Waals surface area (Å²) in [4.78, 5) is 8.41. The van der Waals surface area contributed by atoms with Gasteiger partial charge in [-0.05, 0) is 32.1 Å². The molecule has 0 saturated heterocycles. The number of hydrogen-bond donors (Lipinski definition) is 1. The van der Waals surface area contributed by atoms with E-state index < -0.39 is 0 Å². The van der Waals surface area contributed by atoms with Crippen LogP contribution in [0.15, 0.2) is 35.0 Å². The molecule has 0 spiro atoms. The molecule has 84 valence electrons. The van der Waals surface area contributed by atoms with Gasteiger partial charge in [-0.1, -0.05) is 6.07 Å². The van der Waals surface area contributed by atoms with E-state index in [0.29, 0.717) is 5.89 Å². The van der Waals surface area contributed by atoms with E-state index in [1.807, 2.05) is 25.2 Å². The Morgan fingerprint density at radius 3 is 3.00 bits per heavy atom. The van der Waals surface area contributed by atoms with Gasteiger partial charge in [-0.25, -0.2) is 4.98 Å². The van der Waals surface area contributed by atoms with Crippen molar-refractivity contribution in [3.63, 3.8) is 0 Å². The molecule has 16 heavy (non-hydrogen) atoms. The highest BCUT2D eigenvalue weighted by atomic mass is 16.4. The van der Waals surface area contributed by atoms with Gasteiger partial charge in [-0.15, -0.1) is 0 Å². The lowest BCUT2D eigenvalue weighted by atomic mass is 10.3. The van der Waals surface area contributed by atoms with Crippen LogP contribution in [0.5, 0.6) is 0 Å². The minimum absolute atomic E-state index is 0.597. The molecule has 0 aromatic carbocycles. The molecule has 2 heterocycles. The van der Waals surface area contributed by atoms with E-state index in [-0.39, 0.29) is 0 Å². The molecule has 0 radical (unpaired) electrons. The van der Waals surface area contributed by atoms with E-state index in [4.69, 9.17) is 4.42 Å². The number of nitrogens with zero attached hydrogens (tertiary/aromatic N) is 2. The maximum atomic E-state index is 5.61. The molecule has 1 N–H and O–H groups in total. The SMILES string of the molecule is CNCCCc1cnc(-c2ccccn2)o1. The van der Waals surface area contributed by atoms with Crippen molar-refractivity contribution >= 4 is 0 Å². The predicted octanol–water partition coefficient (Wildman–Crippen LogP) is 1.89. The number of hydrogen-bond acceptors (Lipinski definition) is 4. The largest absolute Gasteiger partial charge is 0.440 e. The Morgan fingerprint density at radius 1 is 1.31 bits per heavy atom. The highest BCUT2D eigenvalue weighted by Crippen LogP contribution is 2.16. The first-order valence-electron chi connectivity index (χ1n) is 5.41. The third-order valence-electron chi connectivity index (χ3n) is 2.29. The molecule has 0 amide bonds. The smallest absolute Gasteiger partial charge is 0.245 e. The van der Waals surface area contributed by atoms with Gasteiger partial charge in [-0.2, -0.15) is 0 Å². The van der Waals surface area contributed by atoms with Crippen LogP contribution in [0.3, 0.4) is 0 Å². The minimum atomic E-state index is 0.597. The Morgan fingerprint density at radius 2 is 2.25 bits per heavy atom. The second-order valence-electron chi connectivity index (χ2n) is 3.55. The third kappa shape index (κ3) is 2.67. The molecule has 0 unspecified atom stereocenters. The van der Waals surface area contributed by atoms with Crippen molar-refractivity contribution < 1.29 is 4.42 Å². The van der Waals surface area contributed by atoms with Crippen LogP contribution in [0.4, 0.5) is 0 Å². The zero-order valence-corrected chi connectivity index (χ0v) is 9.31. The minimum Gasteiger partial charge on any atom is -0.440 e. The van der Waals surface area contributed by atoms with Gasteiger partial charge in [-0.3, -0.25) is 4.98 Å². The van der Waals surface area contributed by atoms with Gasteiger partial charge in [0.25, 0.3) is 0 Å². The third-order valence-corrected chi connectivity index (χ3v) is 2.29. The monoisotopic (exact) mass is 217 g/mol. The molecule has 2 aromatic rings. The van der Waals surface area contributed by atoms with Gasteiger partial charge < -0.3 is 9.73 Å². The van der Waals surface area contributed by atoms with Gasteiger partial charge in [0, 0.05) is 12.6 Å². The fourth-order valence-corrected chi connectivity index (χ4v) is 1.47. The molecule has 0 aliphatic heterocycles. The normalized spacial score (nSPS) is 10.6. The van der Waals surface area contributed by atoms with Crippen molar-refractivity contribution in [2.24, 2.45) is 0 Å². The molecule has 0 aliphatic carbocycles. The quantitative estimate of drug-likeness (QED) is 0.777. The zero-order valence-electron chi connectivity index (χ0n) is 9.31. The Kier molecular flexibility index (Phi) is 3.66. The van der Waals surface area contributed by atoms with Gasteiger partial charge in [0.05, 0.1) is 6.20 Å². The molecule has 0 atom stereocenters. The maximum Gasteiger partial charge on any atom is 0.245 e. The number of nitrogens with one attached hydrogen (secondary N) is 1. The maximum absolute atomic E-state index is 5.61. The Hall–Kier alpha value is -1.68. The summed E-state index contributed by atoms with van der Waals surface area (Å²) in [6, 6.07) is 5.69. The van der Waals surface area contributed by atoms with E-state index >= 15 is 0 Å². The van der Waals surface area contributed by atoms with Crippen molar-refractivity contribution in [3.8, 4) is 11.6 Å². The van der Waals surface area contributed by atoms with Crippen LogP contribution in [0.1, 0.15) is 12.2 Å². The number of aryl methyl sites for hydroxylation is 1. The van der Waals surface area contributed by atoms with Gasteiger partial charge in [0.2, 0.25) is 5.89 Å². The summed E-state index contributed by atoms with van der Waals surface area (Å²) in [5.74, 6) is 1.51. The predicted molar refractivity (Wildman–Crippen MR) is 62.0 cm³/mol. The molecular weight excluding hydrogens is 202 g/mol. The lowest BCUT2D eigenvalue weighted by Crippen LogP contribution is -2.08. The number of rotatable bonds is 5. The highest BCUT2D eigenvalue weighted by molar-refractivity contribution is 5.45. The number of aromatic nitrogens is 2. The van der Waals surface area contributed by atoms with Crippen LogP contribution in [-0.4, -0.2) is 23.6 Å². The van der Waals surface area contributed by atoms with Crippen LogP contribution >= 0.6 is 0 Å². The second-order valence-corrected chi connectivity index (χ2v) is 3.55. The summed E-state index contributed by atoms with van der Waals surface area (Å²) in [5.41, 5.74) is 0.780. The Bertz CT molecular complexity index is 425. The van der Waals surface area contributed by atoms with Crippen LogP contribution in [-0.2, 0) is 6.42 Å². The van der Waals surface area contributed by atoms with E-state index in [1.165, 1.54) is 0 Å². The lowest BCUT2D eigenvalue weighted by molar-refractivity contribution is 0.506. The van der Waals surface area contributed by atoms with E-state index in [2.05, 4.69) is 15.3 Å². The van der Waals surface area contributed by atoms with Crippen molar-refractivity contribution in [2.45, 2.75) is 12.8 Å². The van der Waals surface area contributed by atoms with Crippen molar-refractivity contribution in [1.82, 2.24) is 15.3 Å². The summed E-state index contributed by atoms with van der Waals surface area (Å²) >= 11 is 0. The first kappa shape index (κ1) is 10.8. The average molecular weight is 217 g/mol. The molecule has 2 rings (SSSR count). The number of pyridine rings is 1. The van der Waals surface area contributed by atoms with Gasteiger partial charge in [0.15, 0.2) is 0 Å². The summed E-state index contributed by atoms with van der Waals surface area (Å²) in [6.07, 6.45) is 5.47. The number of oxazole rings is 1. The summed E-state index contributed by atoms with van der Waals surface area (Å²) in [5, 5.41) is 3.10. The second kappa shape index (κ2) is 5.42. The Labute approximate surface area is 94.7 Å². The fourth-order valence-electron chi connectivity index (χ4n) is 1.47. The summed E-state index contributed by atoms with van der Waals surface area (Å²) in [6.45, 7) is 0.986. The van der Waals surface area contributed by atoms with Crippen LogP contribution < -0.4 is 5.32 Å². The summed E-state index contributed by atoms with van der Waals surface area (Å²) in [7, 11) is 1.94. The van der Waals surface area contributed by atoms with Gasteiger partial charge in [0.1, 0.15) is 11.5 Å². The zero-order chi connectivity index (χ0) is 11.2. The molecule has 0 fully saturated rings. The van der Waals surface area contributed by atoms with Crippen molar-refractivity contribution in [1.29, 1.82) is 0 Å². The van der Waals surface area contributed by atoms with Crippen molar-refractivity contribution in [2.75, 3.05) is 13.6 Å². The van der Waals surface area contributed by atoms with Crippen LogP contribution in [0.2, 0.25) is 0 Å². The van der Waals surface area contributed by atoms with E-state index in [9.17, 15) is 0 Å². The highest BCUT2D eigenvalue weighted by Gasteiger charge is 2.06. The van der Waals surface area contributed by atoms with Crippen LogP contribution in [0, 0.1) is 0 Å². The van der Waals surface area contributed by atoms with Crippen molar-refractivity contribution in [3.05, 3.63) is 36.4 Å². The molecule has 0 bridgehead atoms. The van der Waals surface area contributed by atoms with E-state index in [0.717, 1.165) is 30.8 Å². The topological polar surface area (TPSA) is 51.0 Å². The first-order valence-corrected chi connectivity index (χ1v) is 5.41. The molecule has 4 nitrogen and oxygen atoms in total.